The van der Waals surface area contributed by atoms with Crippen molar-refractivity contribution in [2.45, 2.75) is 23.3 Å². The molecule has 0 saturated carbocycles. The summed E-state index contributed by atoms with van der Waals surface area (Å²) in [5, 5.41) is 0. The molecule has 0 atom stereocenters. The normalized spacial score (nSPS) is 10.6. The van der Waals surface area contributed by atoms with Crippen LogP contribution in [0.15, 0.2) is 113 Å². The van der Waals surface area contributed by atoms with Gasteiger partial charge in [-0.1, -0.05) is 71.9 Å². The maximum Gasteiger partial charge on any atom is 0.193 e. The van der Waals surface area contributed by atoms with Gasteiger partial charge in [0.1, 0.15) is 12.4 Å². The lowest BCUT2D eigenvalue weighted by atomic mass is 10.0. The van der Waals surface area contributed by atoms with E-state index in [0.29, 0.717) is 17.7 Å². The highest BCUT2D eigenvalue weighted by atomic mass is 32.2. The third kappa shape index (κ3) is 5.19. The van der Waals surface area contributed by atoms with Crippen molar-refractivity contribution in [2.75, 3.05) is 0 Å². The summed E-state index contributed by atoms with van der Waals surface area (Å²) in [5.41, 5.74) is 3.60. The lowest BCUT2D eigenvalue weighted by Crippen LogP contribution is -2.02. The third-order valence-corrected chi connectivity index (χ3v) is 5.75. The van der Waals surface area contributed by atoms with E-state index in [2.05, 4.69) is 19.1 Å². The van der Waals surface area contributed by atoms with E-state index < -0.39 is 0 Å². The average molecular weight is 411 g/mol. The van der Waals surface area contributed by atoms with Gasteiger partial charge in [-0.3, -0.25) is 4.79 Å². The minimum atomic E-state index is 0.0252. The predicted molar refractivity (Wildman–Crippen MR) is 122 cm³/mol. The second kappa shape index (κ2) is 9.47. The molecule has 30 heavy (non-hydrogen) atoms. The zero-order valence-electron chi connectivity index (χ0n) is 16.7. The topological polar surface area (TPSA) is 26.3 Å². The van der Waals surface area contributed by atoms with Gasteiger partial charge in [0.2, 0.25) is 0 Å². The van der Waals surface area contributed by atoms with Crippen molar-refractivity contribution in [1.29, 1.82) is 0 Å². The number of carbonyl (C=O) groups excluding carboxylic acids is 1. The largest absolute Gasteiger partial charge is 0.489 e. The maximum absolute atomic E-state index is 12.8. The van der Waals surface area contributed by atoms with Crippen LogP contribution in [0.3, 0.4) is 0 Å². The Bertz CT molecular complexity index is 1100. The number of rotatable bonds is 7. The molecular weight excluding hydrogens is 388 g/mol. The minimum Gasteiger partial charge on any atom is -0.489 e. The van der Waals surface area contributed by atoms with Gasteiger partial charge in [-0.25, -0.2) is 0 Å². The van der Waals surface area contributed by atoms with Crippen LogP contribution in [0.4, 0.5) is 0 Å². The van der Waals surface area contributed by atoms with Crippen molar-refractivity contribution in [1.82, 2.24) is 0 Å². The van der Waals surface area contributed by atoms with Crippen molar-refractivity contribution < 1.29 is 9.53 Å². The SMILES string of the molecule is Cc1ccc(OCc2ccc(C(=O)c3ccc(Sc4ccccc4)cc3)cc2)cc1. The van der Waals surface area contributed by atoms with Crippen molar-refractivity contribution in [3.05, 3.63) is 125 Å². The van der Waals surface area contributed by atoms with Gasteiger partial charge < -0.3 is 4.74 Å². The lowest BCUT2D eigenvalue weighted by Gasteiger charge is -2.08. The van der Waals surface area contributed by atoms with E-state index in [4.69, 9.17) is 4.74 Å². The summed E-state index contributed by atoms with van der Waals surface area (Å²) in [6.07, 6.45) is 0. The van der Waals surface area contributed by atoms with Crippen molar-refractivity contribution >= 4 is 17.5 Å². The number of ketones is 1. The molecule has 0 heterocycles. The molecule has 0 spiro atoms. The molecule has 0 saturated heterocycles. The first-order valence-electron chi connectivity index (χ1n) is 9.83. The zero-order valence-corrected chi connectivity index (χ0v) is 17.6. The molecule has 0 aliphatic rings. The van der Waals surface area contributed by atoms with E-state index in [1.807, 2.05) is 91.0 Å². The van der Waals surface area contributed by atoms with Gasteiger partial charge in [-0.2, -0.15) is 0 Å². The summed E-state index contributed by atoms with van der Waals surface area (Å²) in [6, 6.07) is 33.6. The van der Waals surface area contributed by atoms with Gasteiger partial charge >= 0.3 is 0 Å². The first-order chi connectivity index (χ1) is 14.7. The summed E-state index contributed by atoms with van der Waals surface area (Å²) in [6.45, 7) is 2.53. The Labute approximate surface area is 181 Å². The van der Waals surface area contributed by atoms with E-state index in [0.717, 1.165) is 16.2 Å². The van der Waals surface area contributed by atoms with Crippen LogP contribution in [0, 0.1) is 6.92 Å². The zero-order chi connectivity index (χ0) is 20.8. The molecule has 0 amide bonds. The summed E-state index contributed by atoms with van der Waals surface area (Å²) in [7, 11) is 0. The van der Waals surface area contributed by atoms with Crippen LogP contribution in [0.2, 0.25) is 0 Å². The first-order valence-corrected chi connectivity index (χ1v) is 10.7. The number of benzene rings is 4. The Morgan fingerprint density at radius 3 is 1.90 bits per heavy atom. The lowest BCUT2D eigenvalue weighted by molar-refractivity contribution is 0.103. The van der Waals surface area contributed by atoms with Crippen LogP contribution in [-0.4, -0.2) is 5.78 Å². The summed E-state index contributed by atoms with van der Waals surface area (Å²) in [4.78, 5) is 15.1. The fourth-order valence-electron chi connectivity index (χ4n) is 3.02. The van der Waals surface area contributed by atoms with Gasteiger partial charge in [0.15, 0.2) is 5.78 Å². The molecule has 148 valence electrons. The van der Waals surface area contributed by atoms with Crippen LogP contribution in [0.5, 0.6) is 5.75 Å². The van der Waals surface area contributed by atoms with Crippen LogP contribution in [-0.2, 0) is 6.61 Å². The van der Waals surface area contributed by atoms with Gasteiger partial charge in [-0.15, -0.1) is 0 Å². The molecule has 0 radical (unpaired) electrons. The van der Waals surface area contributed by atoms with Crippen LogP contribution < -0.4 is 4.74 Å². The number of hydrogen-bond acceptors (Lipinski definition) is 3. The summed E-state index contributed by atoms with van der Waals surface area (Å²) >= 11 is 1.68. The standard InChI is InChI=1S/C27H22O2S/c1-20-7-15-24(16-8-20)29-19-21-9-11-22(12-10-21)27(28)23-13-17-26(18-14-23)30-25-5-3-2-4-6-25/h2-18H,19H2,1H3. The van der Waals surface area contributed by atoms with Crippen LogP contribution in [0.1, 0.15) is 27.0 Å². The second-order valence-corrected chi connectivity index (χ2v) is 8.21. The van der Waals surface area contributed by atoms with Crippen molar-refractivity contribution in [3.63, 3.8) is 0 Å². The third-order valence-electron chi connectivity index (χ3n) is 4.74. The van der Waals surface area contributed by atoms with Gasteiger partial charge in [0.25, 0.3) is 0 Å². The van der Waals surface area contributed by atoms with Crippen molar-refractivity contribution in [2.24, 2.45) is 0 Å². The van der Waals surface area contributed by atoms with Gasteiger partial charge in [0.05, 0.1) is 0 Å². The molecule has 0 aliphatic heterocycles. The Morgan fingerprint density at radius 1 is 0.700 bits per heavy atom. The van der Waals surface area contributed by atoms with E-state index in [-0.39, 0.29) is 5.78 Å². The predicted octanol–water partition coefficient (Wildman–Crippen LogP) is 6.96. The quantitative estimate of drug-likeness (QED) is 0.308. The van der Waals surface area contributed by atoms with Crippen molar-refractivity contribution in [3.8, 4) is 5.75 Å². The Kier molecular flexibility index (Phi) is 6.31. The molecule has 0 N–H and O–H groups in total. The van der Waals surface area contributed by atoms with Crippen LogP contribution >= 0.6 is 11.8 Å². The van der Waals surface area contributed by atoms with E-state index in [1.54, 1.807) is 11.8 Å². The molecule has 2 nitrogen and oxygen atoms in total. The maximum atomic E-state index is 12.8. The summed E-state index contributed by atoms with van der Waals surface area (Å²) in [5.74, 6) is 0.867. The molecule has 3 heteroatoms. The highest BCUT2D eigenvalue weighted by molar-refractivity contribution is 7.99. The van der Waals surface area contributed by atoms with Gasteiger partial charge in [-0.05, 0) is 61.0 Å². The van der Waals surface area contributed by atoms with E-state index in [9.17, 15) is 4.79 Å². The molecule has 0 aliphatic carbocycles. The molecule has 4 rings (SSSR count). The number of aryl methyl sites for hydroxylation is 1. The minimum absolute atomic E-state index is 0.0252. The number of ether oxygens (including phenoxy) is 1. The highest BCUT2D eigenvalue weighted by Gasteiger charge is 2.09. The Morgan fingerprint density at radius 2 is 1.27 bits per heavy atom. The Hall–Kier alpha value is -3.30. The Balaban J connectivity index is 1.37. The molecule has 0 aromatic heterocycles. The monoisotopic (exact) mass is 410 g/mol. The molecule has 4 aromatic rings. The fourth-order valence-corrected chi connectivity index (χ4v) is 3.86. The summed E-state index contributed by atoms with van der Waals surface area (Å²) < 4.78 is 5.81. The van der Waals surface area contributed by atoms with Crippen LogP contribution in [0.25, 0.3) is 0 Å². The van der Waals surface area contributed by atoms with E-state index in [1.165, 1.54) is 10.5 Å². The molecule has 0 unspecified atom stereocenters. The number of hydrogen-bond donors (Lipinski definition) is 0. The molecule has 0 fully saturated rings. The smallest absolute Gasteiger partial charge is 0.193 e. The number of carbonyl (C=O) groups is 1. The molecule has 4 aromatic carbocycles. The highest BCUT2D eigenvalue weighted by Crippen LogP contribution is 2.27. The molecule has 0 bridgehead atoms. The first kappa shape index (κ1) is 20.0. The molecular formula is C27H22O2S. The fraction of sp³-hybridized carbons (Fsp3) is 0.0741. The van der Waals surface area contributed by atoms with E-state index >= 15 is 0 Å². The second-order valence-electron chi connectivity index (χ2n) is 7.07. The van der Waals surface area contributed by atoms with Gasteiger partial charge in [0, 0.05) is 20.9 Å². The average Bonchev–Trinajstić information content (AvgIpc) is 2.80.